The predicted molar refractivity (Wildman–Crippen MR) is 77.2 cm³/mol. The van der Waals surface area contributed by atoms with E-state index in [1.165, 1.54) is 0 Å². The van der Waals surface area contributed by atoms with Crippen LogP contribution in [0.3, 0.4) is 0 Å². The largest absolute Gasteiger partial charge is 0.395 e. The molecule has 0 aliphatic carbocycles. The van der Waals surface area contributed by atoms with Crippen molar-refractivity contribution in [2.45, 2.75) is 0 Å². The highest BCUT2D eigenvalue weighted by Crippen LogP contribution is 2.08. The fraction of sp³-hybridized carbons (Fsp3) is 0.385. The van der Waals surface area contributed by atoms with Crippen LogP contribution in [0.25, 0.3) is 0 Å². The number of hydrogen-bond acceptors (Lipinski definition) is 4. The van der Waals surface area contributed by atoms with Crippen molar-refractivity contribution in [2.24, 2.45) is 5.73 Å². The van der Waals surface area contributed by atoms with Crippen LogP contribution >= 0.6 is 12.2 Å². The summed E-state index contributed by atoms with van der Waals surface area (Å²) in [7, 11) is 1.57. The SMILES string of the molecule is COCCN(CCO)C(=O)c1ccc(C(N)=S)cc1. The zero-order valence-electron chi connectivity index (χ0n) is 10.8. The predicted octanol–water partition coefficient (Wildman–Crippen LogP) is 0.402. The molecule has 3 N–H and O–H groups in total. The highest BCUT2D eigenvalue weighted by molar-refractivity contribution is 7.80. The quantitative estimate of drug-likeness (QED) is 0.708. The Kier molecular flexibility index (Phi) is 6.41. The molecule has 104 valence electrons. The molecule has 6 heteroatoms. The maximum atomic E-state index is 12.2. The van der Waals surface area contributed by atoms with Crippen LogP contribution in [0.5, 0.6) is 0 Å². The van der Waals surface area contributed by atoms with Crippen molar-refractivity contribution in [1.82, 2.24) is 4.90 Å². The fourth-order valence-corrected chi connectivity index (χ4v) is 1.73. The zero-order valence-corrected chi connectivity index (χ0v) is 11.7. The molecule has 0 saturated heterocycles. The number of aliphatic hydroxyl groups is 1. The molecule has 1 rings (SSSR count). The third-order valence-corrected chi connectivity index (χ3v) is 2.87. The molecule has 0 atom stereocenters. The minimum Gasteiger partial charge on any atom is -0.395 e. The first-order valence-corrected chi connectivity index (χ1v) is 6.30. The van der Waals surface area contributed by atoms with E-state index >= 15 is 0 Å². The molecule has 1 amide bonds. The topological polar surface area (TPSA) is 75.8 Å². The highest BCUT2D eigenvalue weighted by Gasteiger charge is 2.14. The summed E-state index contributed by atoms with van der Waals surface area (Å²) in [6.07, 6.45) is 0. The van der Waals surface area contributed by atoms with Gasteiger partial charge in [-0.2, -0.15) is 0 Å². The minimum absolute atomic E-state index is 0.0829. The van der Waals surface area contributed by atoms with Gasteiger partial charge < -0.3 is 20.5 Å². The van der Waals surface area contributed by atoms with Crippen molar-refractivity contribution in [2.75, 3.05) is 33.4 Å². The molecule has 0 radical (unpaired) electrons. The van der Waals surface area contributed by atoms with Crippen molar-refractivity contribution in [3.8, 4) is 0 Å². The second-order valence-electron chi connectivity index (χ2n) is 3.95. The number of aliphatic hydroxyl groups excluding tert-OH is 1. The number of hydrogen-bond donors (Lipinski definition) is 2. The lowest BCUT2D eigenvalue weighted by atomic mass is 10.1. The van der Waals surface area contributed by atoms with E-state index in [1.54, 1.807) is 36.3 Å². The number of ether oxygens (including phenoxy) is 1. The average Bonchev–Trinajstić information content (AvgIpc) is 2.42. The Labute approximate surface area is 118 Å². The lowest BCUT2D eigenvalue weighted by Crippen LogP contribution is -2.36. The number of amides is 1. The van der Waals surface area contributed by atoms with Gasteiger partial charge in [-0.15, -0.1) is 0 Å². The van der Waals surface area contributed by atoms with Crippen LogP contribution in [0.1, 0.15) is 15.9 Å². The van der Waals surface area contributed by atoms with E-state index in [-0.39, 0.29) is 19.1 Å². The number of methoxy groups -OCH3 is 1. The molecule has 0 spiro atoms. The minimum atomic E-state index is -0.152. The molecule has 0 fully saturated rings. The number of nitrogens with zero attached hydrogens (tertiary/aromatic N) is 1. The van der Waals surface area contributed by atoms with Gasteiger partial charge >= 0.3 is 0 Å². The summed E-state index contributed by atoms with van der Waals surface area (Å²) in [6.45, 7) is 1.06. The van der Waals surface area contributed by atoms with E-state index in [1.807, 2.05) is 0 Å². The van der Waals surface area contributed by atoms with Crippen LogP contribution in [-0.2, 0) is 4.74 Å². The summed E-state index contributed by atoms with van der Waals surface area (Å²) in [5.41, 5.74) is 6.75. The molecule has 5 nitrogen and oxygen atoms in total. The lowest BCUT2D eigenvalue weighted by molar-refractivity contribution is 0.0656. The van der Waals surface area contributed by atoms with Crippen molar-refractivity contribution in [3.05, 3.63) is 35.4 Å². The summed E-state index contributed by atoms with van der Waals surface area (Å²) in [5.74, 6) is -0.152. The van der Waals surface area contributed by atoms with E-state index in [4.69, 9.17) is 27.8 Å². The Balaban J connectivity index is 2.80. The Hall–Kier alpha value is -1.50. The molecular formula is C13H18N2O3S. The lowest BCUT2D eigenvalue weighted by Gasteiger charge is -2.21. The van der Waals surface area contributed by atoms with E-state index < -0.39 is 0 Å². The van der Waals surface area contributed by atoms with Gasteiger partial charge in [0.15, 0.2) is 0 Å². The van der Waals surface area contributed by atoms with Gasteiger partial charge in [0.2, 0.25) is 0 Å². The first kappa shape index (κ1) is 15.6. The molecule has 0 aliphatic rings. The second kappa shape index (κ2) is 7.83. The summed E-state index contributed by atoms with van der Waals surface area (Å²) >= 11 is 4.85. The van der Waals surface area contributed by atoms with Crippen LogP contribution in [0, 0.1) is 0 Å². The molecule has 19 heavy (non-hydrogen) atoms. The highest BCUT2D eigenvalue weighted by atomic mass is 32.1. The van der Waals surface area contributed by atoms with Gasteiger partial charge in [-0.1, -0.05) is 24.4 Å². The number of nitrogens with two attached hydrogens (primary N) is 1. The number of carbonyl (C=O) groups excluding carboxylic acids is 1. The monoisotopic (exact) mass is 282 g/mol. The third kappa shape index (κ3) is 4.59. The van der Waals surface area contributed by atoms with Gasteiger partial charge in [-0.05, 0) is 12.1 Å². The summed E-state index contributed by atoms with van der Waals surface area (Å²) in [5, 5.41) is 8.98. The first-order valence-electron chi connectivity index (χ1n) is 5.89. The molecule has 1 aromatic rings. The fourth-order valence-electron chi connectivity index (χ4n) is 1.60. The maximum absolute atomic E-state index is 12.2. The van der Waals surface area contributed by atoms with Crippen molar-refractivity contribution in [3.63, 3.8) is 0 Å². The van der Waals surface area contributed by atoms with Gasteiger partial charge in [-0.25, -0.2) is 0 Å². The molecule has 0 saturated carbocycles. The average molecular weight is 282 g/mol. The van der Waals surface area contributed by atoms with E-state index in [9.17, 15) is 4.79 Å². The summed E-state index contributed by atoms with van der Waals surface area (Å²) in [4.78, 5) is 14.1. The molecule has 0 aromatic heterocycles. The normalized spacial score (nSPS) is 10.2. The zero-order chi connectivity index (χ0) is 14.3. The summed E-state index contributed by atoms with van der Waals surface area (Å²) < 4.78 is 4.95. The molecule has 1 aromatic carbocycles. The van der Waals surface area contributed by atoms with Crippen molar-refractivity contribution < 1.29 is 14.6 Å². The van der Waals surface area contributed by atoms with E-state index in [0.717, 1.165) is 5.56 Å². The van der Waals surface area contributed by atoms with Crippen LogP contribution < -0.4 is 5.73 Å². The van der Waals surface area contributed by atoms with Gasteiger partial charge in [0.05, 0.1) is 13.2 Å². The van der Waals surface area contributed by atoms with Crippen LogP contribution in [0.2, 0.25) is 0 Å². The molecule has 0 aliphatic heterocycles. The van der Waals surface area contributed by atoms with Gasteiger partial charge in [0, 0.05) is 31.3 Å². The van der Waals surface area contributed by atoms with Crippen molar-refractivity contribution in [1.29, 1.82) is 0 Å². The number of rotatable bonds is 7. The Morgan fingerprint density at radius 2 is 1.89 bits per heavy atom. The Bertz CT molecular complexity index is 434. The maximum Gasteiger partial charge on any atom is 0.254 e. The first-order chi connectivity index (χ1) is 9.10. The van der Waals surface area contributed by atoms with Crippen LogP contribution in [0.15, 0.2) is 24.3 Å². The third-order valence-electron chi connectivity index (χ3n) is 2.64. The standard InChI is InChI=1S/C13H18N2O3S/c1-18-9-7-15(6-8-16)13(17)11-4-2-10(3-5-11)12(14)19/h2-5,16H,6-9H2,1H3,(H2,14,19). The summed E-state index contributed by atoms with van der Waals surface area (Å²) in [6, 6.07) is 6.77. The van der Waals surface area contributed by atoms with Gasteiger partial charge in [0.1, 0.15) is 4.99 Å². The molecule has 0 heterocycles. The second-order valence-corrected chi connectivity index (χ2v) is 4.39. The smallest absolute Gasteiger partial charge is 0.254 e. The van der Waals surface area contributed by atoms with E-state index in [0.29, 0.717) is 23.7 Å². The van der Waals surface area contributed by atoms with Gasteiger partial charge in [-0.3, -0.25) is 4.79 Å². The molecular weight excluding hydrogens is 264 g/mol. The van der Waals surface area contributed by atoms with Crippen molar-refractivity contribution >= 4 is 23.1 Å². The molecule has 0 bridgehead atoms. The number of benzene rings is 1. The van der Waals surface area contributed by atoms with E-state index in [2.05, 4.69) is 0 Å². The van der Waals surface area contributed by atoms with Crippen LogP contribution in [-0.4, -0.2) is 54.3 Å². The Morgan fingerprint density at radius 1 is 1.32 bits per heavy atom. The van der Waals surface area contributed by atoms with Gasteiger partial charge in [0.25, 0.3) is 5.91 Å². The number of thiocarbonyl (C=S) groups is 1. The number of carbonyl (C=O) groups is 1. The Morgan fingerprint density at radius 3 is 2.37 bits per heavy atom. The van der Waals surface area contributed by atoms with Crippen LogP contribution in [0.4, 0.5) is 0 Å². The molecule has 0 unspecified atom stereocenters.